The van der Waals surface area contributed by atoms with E-state index in [-0.39, 0.29) is 31.0 Å². The Labute approximate surface area is 235 Å². The van der Waals surface area contributed by atoms with Crippen molar-refractivity contribution < 1.29 is 14.3 Å². The van der Waals surface area contributed by atoms with E-state index in [0.29, 0.717) is 27.8 Å². The molecule has 4 rings (SSSR count). The molecule has 200 valence electrons. The van der Waals surface area contributed by atoms with Crippen molar-refractivity contribution in [1.82, 2.24) is 10.2 Å². The summed E-state index contributed by atoms with van der Waals surface area (Å²) in [6, 6.07) is 20.1. The number of carbonyl (C=O) groups is 2. The summed E-state index contributed by atoms with van der Waals surface area (Å²) in [4.78, 5) is 29.2. The van der Waals surface area contributed by atoms with Gasteiger partial charge in [-0.1, -0.05) is 84.6 Å². The third-order valence-electron chi connectivity index (χ3n) is 7.23. The number of ether oxygens (including phenoxy) is 1. The second-order valence-corrected chi connectivity index (χ2v) is 10.8. The van der Waals surface area contributed by atoms with Crippen LogP contribution in [0.3, 0.4) is 0 Å². The van der Waals surface area contributed by atoms with Gasteiger partial charge in [-0.15, -0.1) is 0 Å². The Bertz CT molecular complexity index is 1260. The zero-order valence-corrected chi connectivity index (χ0v) is 23.4. The number of aryl methyl sites for hydroxylation is 1. The quantitative estimate of drug-likeness (QED) is 0.305. The summed E-state index contributed by atoms with van der Waals surface area (Å²) in [7, 11) is 0. The predicted molar refractivity (Wildman–Crippen MR) is 153 cm³/mol. The molecule has 5 nitrogen and oxygen atoms in total. The molecule has 1 aliphatic carbocycles. The summed E-state index contributed by atoms with van der Waals surface area (Å²) in [5.41, 5.74) is 3.74. The van der Waals surface area contributed by atoms with E-state index in [1.807, 2.05) is 62.4 Å². The average Bonchev–Trinajstić information content (AvgIpc) is 3.41. The Morgan fingerprint density at radius 2 is 1.74 bits per heavy atom. The summed E-state index contributed by atoms with van der Waals surface area (Å²) < 4.78 is 5.98. The largest absolute Gasteiger partial charge is 0.483 e. The van der Waals surface area contributed by atoms with Crippen LogP contribution >= 0.6 is 23.2 Å². The van der Waals surface area contributed by atoms with Gasteiger partial charge in [0.15, 0.2) is 6.61 Å². The maximum absolute atomic E-state index is 13.8. The van der Waals surface area contributed by atoms with Gasteiger partial charge in [0.1, 0.15) is 11.8 Å². The van der Waals surface area contributed by atoms with Crippen molar-refractivity contribution in [2.24, 2.45) is 0 Å². The first-order chi connectivity index (χ1) is 18.3. The van der Waals surface area contributed by atoms with Crippen LogP contribution in [-0.4, -0.2) is 35.4 Å². The van der Waals surface area contributed by atoms with Gasteiger partial charge in [-0.3, -0.25) is 9.59 Å². The Balaban J connectivity index is 1.65. The Morgan fingerprint density at radius 3 is 2.45 bits per heavy atom. The molecule has 0 spiro atoms. The van der Waals surface area contributed by atoms with Crippen LogP contribution in [0.2, 0.25) is 10.0 Å². The van der Waals surface area contributed by atoms with E-state index in [2.05, 4.69) is 5.32 Å². The molecule has 3 aromatic rings. The van der Waals surface area contributed by atoms with Crippen LogP contribution < -0.4 is 10.1 Å². The summed E-state index contributed by atoms with van der Waals surface area (Å²) in [5.74, 6) is 0.197. The number of halogens is 2. The van der Waals surface area contributed by atoms with Crippen LogP contribution in [0.25, 0.3) is 0 Å². The Morgan fingerprint density at radius 1 is 1.00 bits per heavy atom. The molecule has 38 heavy (non-hydrogen) atoms. The maximum Gasteiger partial charge on any atom is 0.261 e. The molecular weight excluding hydrogens is 519 g/mol. The van der Waals surface area contributed by atoms with Crippen molar-refractivity contribution in [1.29, 1.82) is 0 Å². The minimum absolute atomic E-state index is 0.128. The Hall–Kier alpha value is -3.02. The summed E-state index contributed by atoms with van der Waals surface area (Å²) in [5, 5.41) is 4.16. The van der Waals surface area contributed by atoms with E-state index in [9.17, 15) is 9.59 Å². The number of nitrogens with zero attached hydrogens (tertiary/aromatic N) is 1. The van der Waals surface area contributed by atoms with Gasteiger partial charge in [-0.25, -0.2) is 0 Å². The second kappa shape index (κ2) is 13.2. The van der Waals surface area contributed by atoms with Crippen molar-refractivity contribution in [3.8, 4) is 5.75 Å². The molecule has 3 aromatic carbocycles. The van der Waals surface area contributed by atoms with Crippen LogP contribution in [-0.2, 0) is 22.6 Å². The molecular formula is C31H34Cl2N2O3. The van der Waals surface area contributed by atoms with Crippen LogP contribution in [0.1, 0.15) is 47.9 Å². The average molecular weight is 554 g/mol. The molecule has 0 radical (unpaired) electrons. The molecule has 0 unspecified atom stereocenters. The third-order valence-corrected chi connectivity index (χ3v) is 7.82. The Kier molecular flexibility index (Phi) is 9.70. The lowest BCUT2D eigenvalue weighted by atomic mass is 10.0. The van der Waals surface area contributed by atoms with Gasteiger partial charge in [-0.05, 0) is 67.1 Å². The van der Waals surface area contributed by atoms with Gasteiger partial charge in [0.25, 0.3) is 5.91 Å². The molecule has 1 saturated carbocycles. The summed E-state index contributed by atoms with van der Waals surface area (Å²) in [6.45, 7) is 3.92. The maximum atomic E-state index is 13.8. The molecule has 1 fully saturated rings. The standard InChI is InChI=1S/C31H34Cl2N2O3/c1-21-9-8-14-29(22(21)2)38-20-30(36)35(19-24-15-16-25(32)18-27(24)33)28(17-23-10-4-3-5-11-23)31(37)34-26-12-6-7-13-26/h3-5,8-11,14-16,18,26,28H,6-7,12-13,17,19-20H2,1-2H3,(H,34,37)/t28-/m0/s1. The highest BCUT2D eigenvalue weighted by Gasteiger charge is 2.33. The highest BCUT2D eigenvalue weighted by molar-refractivity contribution is 6.35. The first-order valence-corrected chi connectivity index (χ1v) is 13.8. The van der Waals surface area contributed by atoms with E-state index in [1.54, 1.807) is 23.1 Å². The highest BCUT2D eigenvalue weighted by atomic mass is 35.5. The molecule has 1 N–H and O–H groups in total. The number of rotatable bonds is 10. The molecule has 1 atom stereocenters. The van der Waals surface area contributed by atoms with E-state index in [4.69, 9.17) is 27.9 Å². The van der Waals surface area contributed by atoms with E-state index >= 15 is 0 Å². The topological polar surface area (TPSA) is 58.6 Å². The SMILES string of the molecule is Cc1cccc(OCC(=O)N(Cc2ccc(Cl)cc2Cl)[C@@H](Cc2ccccc2)C(=O)NC2CCCC2)c1C. The van der Waals surface area contributed by atoms with Crippen LogP contribution in [0, 0.1) is 13.8 Å². The van der Waals surface area contributed by atoms with Crippen molar-refractivity contribution >= 4 is 35.0 Å². The van der Waals surface area contributed by atoms with E-state index in [1.165, 1.54) is 0 Å². The zero-order chi connectivity index (χ0) is 27.1. The number of benzene rings is 3. The monoisotopic (exact) mass is 552 g/mol. The first-order valence-electron chi connectivity index (χ1n) is 13.1. The minimum Gasteiger partial charge on any atom is -0.483 e. The number of nitrogens with one attached hydrogen (secondary N) is 1. The van der Waals surface area contributed by atoms with Gasteiger partial charge >= 0.3 is 0 Å². The number of hydrogen-bond donors (Lipinski definition) is 1. The number of amides is 2. The smallest absolute Gasteiger partial charge is 0.261 e. The van der Waals surface area contributed by atoms with Gasteiger partial charge in [0.05, 0.1) is 0 Å². The fourth-order valence-electron chi connectivity index (χ4n) is 4.86. The molecule has 2 amide bonds. The van der Waals surface area contributed by atoms with Gasteiger partial charge in [-0.2, -0.15) is 0 Å². The van der Waals surface area contributed by atoms with Crippen molar-refractivity contribution in [3.05, 3.63) is 99.0 Å². The molecule has 0 aromatic heterocycles. The van der Waals surface area contributed by atoms with Crippen LogP contribution in [0.5, 0.6) is 5.75 Å². The van der Waals surface area contributed by atoms with Crippen molar-refractivity contribution in [3.63, 3.8) is 0 Å². The fraction of sp³-hybridized carbons (Fsp3) is 0.355. The van der Waals surface area contributed by atoms with E-state index in [0.717, 1.165) is 42.4 Å². The predicted octanol–water partition coefficient (Wildman–Crippen LogP) is 6.69. The van der Waals surface area contributed by atoms with Gasteiger partial charge < -0.3 is 15.0 Å². The van der Waals surface area contributed by atoms with Crippen molar-refractivity contribution in [2.75, 3.05) is 6.61 Å². The van der Waals surface area contributed by atoms with Crippen molar-refractivity contribution in [2.45, 2.75) is 64.6 Å². The van der Waals surface area contributed by atoms with Crippen LogP contribution in [0.15, 0.2) is 66.7 Å². The molecule has 7 heteroatoms. The lowest BCUT2D eigenvalue weighted by Gasteiger charge is -2.32. The third kappa shape index (κ3) is 7.30. The first kappa shape index (κ1) is 28.0. The van der Waals surface area contributed by atoms with Gasteiger partial charge in [0.2, 0.25) is 5.91 Å². The molecule has 1 aliphatic rings. The summed E-state index contributed by atoms with van der Waals surface area (Å²) in [6.07, 6.45) is 4.48. The molecule has 0 heterocycles. The van der Waals surface area contributed by atoms with Gasteiger partial charge in [0, 0.05) is 29.1 Å². The molecule has 0 saturated heterocycles. The number of carbonyl (C=O) groups excluding carboxylic acids is 2. The second-order valence-electron chi connectivity index (χ2n) is 9.94. The fourth-order valence-corrected chi connectivity index (χ4v) is 5.33. The zero-order valence-electron chi connectivity index (χ0n) is 21.9. The normalized spacial score (nSPS) is 14.2. The lowest BCUT2D eigenvalue weighted by molar-refractivity contribution is -0.143. The molecule has 0 bridgehead atoms. The van der Waals surface area contributed by atoms with E-state index < -0.39 is 6.04 Å². The molecule has 0 aliphatic heterocycles. The summed E-state index contributed by atoms with van der Waals surface area (Å²) >= 11 is 12.6. The highest BCUT2D eigenvalue weighted by Crippen LogP contribution is 2.26. The number of hydrogen-bond acceptors (Lipinski definition) is 3. The minimum atomic E-state index is -0.737. The van der Waals surface area contributed by atoms with Crippen LogP contribution in [0.4, 0.5) is 0 Å². The lowest BCUT2D eigenvalue weighted by Crippen LogP contribution is -2.53.